The minimum Gasteiger partial charge on any atom is -0.366 e. The van der Waals surface area contributed by atoms with Gasteiger partial charge in [-0.3, -0.25) is 4.79 Å². The number of primary amides is 1. The highest BCUT2D eigenvalue weighted by Gasteiger charge is 2.06. The van der Waals surface area contributed by atoms with Crippen molar-refractivity contribution < 1.29 is 4.79 Å². The number of carbonyl (C=O) groups excluding carboxylic acids is 1. The summed E-state index contributed by atoms with van der Waals surface area (Å²) in [6.07, 6.45) is 0.995. The lowest BCUT2D eigenvalue weighted by atomic mass is 10.0. The zero-order valence-corrected chi connectivity index (χ0v) is 10.6. The van der Waals surface area contributed by atoms with Crippen LogP contribution in [0.4, 0.5) is 0 Å². The van der Waals surface area contributed by atoms with Gasteiger partial charge in [0, 0.05) is 12.1 Å². The number of hydrogen-bond donors (Lipinski definition) is 2. The van der Waals surface area contributed by atoms with Crippen LogP contribution < -0.4 is 11.5 Å². The number of aryl methyl sites for hydroxylation is 1. The van der Waals surface area contributed by atoms with E-state index in [4.69, 9.17) is 11.5 Å². The summed E-state index contributed by atoms with van der Waals surface area (Å²) in [5.74, 6) is -0.379. The van der Waals surface area contributed by atoms with E-state index in [1.165, 1.54) is 5.56 Å². The van der Waals surface area contributed by atoms with E-state index in [-0.39, 0.29) is 5.91 Å². The Hall–Kier alpha value is -1.39. The zero-order valence-electron chi connectivity index (χ0n) is 10.6. The Morgan fingerprint density at radius 1 is 1.41 bits per heavy atom. The van der Waals surface area contributed by atoms with Gasteiger partial charge in [0.05, 0.1) is 0 Å². The molecule has 94 valence electrons. The maximum atomic E-state index is 11.0. The number of benzene rings is 1. The van der Waals surface area contributed by atoms with Gasteiger partial charge in [-0.15, -0.1) is 0 Å². The summed E-state index contributed by atoms with van der Waals surface area (Å²) < 4.78 is 0. The second kappa shape index (κ2) is 6.37. The molecule has 1 aromatic rings. The van der Waals surface area contributed by atoms with Crippen molar-refractivity contribution in [2.24, 2.45) is 11.5 Å². The summed E-state index contributed by atoms with van der Waals surface area (Å²) in [4.78, 5) is 13.2. The monoisotopic (exact) mass is 235 g/mol. The molecule has 1 rings (SSSR count). The maximum Gasteiger partial charge on any atom is 0.248 e. The summed E-state index contributed by atoms with van der Waals surface area (Å²) in [6.45, 7) is 4.56. The van der Waals surface area contributed by atoms with Crippen molar-refractivity contribution in [3.8, 4) is 0 Å². The third kappa shape index (κ3) is 4.17. The Labute approximate surface area is 103 Å². The number of rotatable bonds is 6. The number of nitrogens with zero attached hydrogens (tertiary/aromatic N) is 1. The zero-order chi connectivity index (χ0) is 12.8. The van der Waals surface area contributed by atoms with Crippen LogP contribution in [0.3, 0.4) is 0 Å². The Morgan fingerprint density at radius 2 is 2.12 bits per heavy atom. The van der Waals surface area contributed by atoms with Gasteiger partial charge in [0.2, 0.25) is 5.91 Å². The van der Waals surface area contributed by atoms with Gasteiger partial charge < -0.3 is 16.4 Å². The highest BCUT2D eigenvalue weighted by molar-refractivity contribution is 5.93. The van der Waals surface area contributed by atoms with Crippen molar-refractivity contribution in [1.29, 1.82) is 0 Å². The molecule has 0 aromatic heterocycles. The molecule has 1 amide bonds. The quantitative estimate of drug-likeness (QED) is 0.768. The van der Waals surface area contributed by atoms with Crippen LogP contribution in [0.1, 0.15) is 27.9 Å². The van der Waals surface area contributed by atoms with Gasteiger partial charge >= 0.3 is 0 Å². The Bertz CT molecular complexity index is 390. The van der Waals surface area contributed by atoms with Crippen LogP contribution in [-0.2, 0) is 6.54 Å². The Balaban J connectivity index is 2.69. The molecule has 0 atom stereocenters. The molecular weight excluding hydrogens is 214 g/mol. The highest BCUT2D eigenvalue weighted by atomic mass is 16.1. The molecule has 4 N–H and O–H groups in total. The van der Waals surface area contributed by atoms with E-state index in [9.17, 15) is 4.79 Å². The minimum absolute atomic E-state index is 0.379. The van der Waals surface area contributed by atoms with Gasteiger partial charge in [-0.05, 0) is 56.7 Å². The van der Waals surface area contributed by atoms with Gasteiger partial charge in [-0.1, -0.05) is 6.07 Å². The van der Waals surface area contributed by atoms with Crippen LogP contribution in [0.15, 0.2) is 18.2 Å². The number of amides is 1. The van der Waals surface area contributed by atoms with Crippen molar-refractivity contribution >= 4 is 5.91 Å². The first-order valence-electron chi connectivity index (χ1n) is 5.82. The predicted molar refractivity (Wildman–Crippen MR) is 69.7 cm³/mol. The Kier molecular flexibility index (Phi) is 5.12. The summed E-state index contributed by atoms with van der Waals surface area (Å²) >= 11 is 0. The minimum atomic E-state index is -0.379. The average molecular weight is 235 g/mol. The third-order valence-corrected chi connectivity index (χ3v) is 2.81. The smallest absolute Gasteiger partial charge is 0.248 e. The van der Waals surface area contributed by atoms with Gasteiger partial charge in [0.15, 0.2) is 0 Å². The average Bonchev–Trinajstić information content (AvgIpc) is 2.28. The van der Waals surface area contributed by atoms with Gasteiger partial charge in [0.1, 0.15) is 0 Å². The molecule has 0 heterocycles. The van der Waals surface area contributed by atoms with E-state index in [1.807, 2.05) is 19.1 Å². The van der Waals surface area contributed by atoms with Crippen molar-refractivity contribution in [1.82, 2.24) is 4.90 Å². The lowest BCUT2D eigenvalue weighted by Gasteiger charge is -2.17. The second-order valence-corrected chi connectivity index (χ2v) is 4.39. The molecule has 0 saturated heterocycles. The summed E-state index contributed by atoms with van der Waals surface area (Å²) in [7, 11) is 2.07. The first kappa shape index (κ1) is 13.7. The van der Waals surface area contributed by atoms with Crippen molar-refractivity contribution in [2.45, 2.75) is 19.9 Å². The molecule has 0 unspecified atom stereocenters. The third-order valence-electron chi connectivity index (χ3n) is 2.81. The van der Waals surface area contributed by atoms with Crippen molar-refractivity contribution in [3.05, 3.63) is 34.9 Å². The molecule has 0 saturated carbocycles. The summed E-state index contributed by atoms with van der Waals surface area (Å²) in [5, 5.41) is 0. The van der Waals surface area contributed by atoms with E-state index < -0.39 is 0 Å². The first-order chi connectivity index (χ1) is 8.04. The van der Waals surface area contributed by atoms with Gasteiger partial charge in [-0.2, -0.15) is 0 Å². The first-order valence-corrected chi connectivity index (χ1v) is 5.82. The van der Waals surface area contributed by atoms with E-state index in [0.717, 1.165) is 25.1 Å². The van der Waals surface area contributed by atoms with Crippen LogP contribution in [0, 0.1) is 6.92 Å². The number of carbonyl (C=O) groups is 1. The van der Waals surface area contributed by atoms with E-state index in [1.54, 1.807) is 6.07 Å². The topological polar surface area (TPSA) is 72.4 Å². The van der Waals surface area contributed by atoms with E-state index in [2.05, 4.69) is 11.9 Å². The van der Waals surface area contributed by atoms with Crippen molar-refractivity contribution in [3.63, 3.8) is 0 Å². The largest absolute Gasteiger partial charge is 0.366 e. The number of nitrogens with two attached hydrogens (primary N) is 2. The fourth-order valence-electron chi connectivity index (χ4n) is 1.76. The molecule has 4 nitrogen and oxygen atoms in total. The van der Waals surface area contributed by atoms with Crippen LogP contribution >= 0.6 is 0 Å². The van der Waals surface area contributed by atoms with Gasteiger partial charge in [-0.25, -0.2) is 0 Å². The molecule has 0 aliphatic rings. The SMILES string of the molecule is Cc1cc(C(N)=O)ccc1CN(C)CCCN. The maximum absolute atomic E-state index is 11.0. The lowest BCUT2D eigenvalue weighted by molar-refractivity contribution is 0.1000. The Morgan fingerprint density at radius 3 is 2.65 bits per heavy atom. The molecule has 0 aliphatic heterocycles. The van der Waals surface area contributed by atoms with Gasteiger partial charge in [0.25, 0.3) is 0 Å². The molecule has 0 fully saturated rings. The highest BCUT2D eigenvalue weighted by Crippen LogP contribution is 2.12. The second-order valence-electron chi connectivity index (χ2n) is 4.39. The molecular formula is C13H21N3O. The molecule has 0 radical (unpaired) electrons. The molecule has 4 heteroatoms. The molecule has 17 heavy (non-hydrogen) atoms. The van der Waals surface area contributed by atoms with Crippen LogP contribution in [-0.4, -0.2) is 30.9 Å². The molecule has 0 aliphatic carbocycles. The molecule has 1 aromatic carbocycles. The van der Waals surface area contributed by atoms with Crippen LogP contribution in [0.5, 0.6) is 0 Å². The summed E-state index contributed by atoms with van der Waals surface area (Å²) in [6, 6.07) is 5.59. The van der Waals surface area contributed by atoms with Crippen LogP contribution in [0.2, 0.25) is 0 Å². The molecule has 0 bridgehead atoms. The molecule has 0 spiro atoms. The fraction of sp³-hybridized carbons (Fsp3) is 0.462. The lowest BCUT2D eigenvalue weighted by Crippen LogP contribution is -2.22. The fourth-order valence-corrected chi connectivity index (χ4v) is 1.76. The number of hydrogen-bond acceptors (Lipinski definition) is 3. The van der Waals surface area contributed by atoms with E-state index in [0.29, 0.717) is 12.1 Å². The van der Waals surface area contributed by atoms with Crippen LogP contribution in [0.25, 0.3) is 0 Å². The predicted octanol–water partition coefficient (Wildman–Crippen LogP) is 0.875. The van der Waals surface area contributed by atoms with E-state index >= 15 is 0 Å². The summed E-state index contributed by atoms with van der Waals surface area (Å²) in [5.41, 5.74) is 13.6. The normalized spacial score (nSPS) is 10.8. The standard InChI is InChI=1S/C13H21N3O/c1-10-8-11(13(15)17)4-5-12(10)9-16(2)7-3-6-14/h4-5,8H,3,6-7,9,14H2,1-2H3,(H2,15,17). The van der Waals surface area contributed by atoms with Crippen molar-refractivity contribution in [2.75, 3.05) is 20.1 Å².